The van der Waals surface area contributed by atoms with Gasteiger partial charge in [-0.15, -0.1) is 0 Å². The SMILES string of the molecule is CCC(C(=O)O)C1(CC)CCN(Cc2ccc(OC)cc2)C1=O. The van der Waals surface area contributed by atoms with Gasteiger partial charge in [0.1, 0.15) is 5.75 Å². The summed E-state index contributed by atoms with van der Waals surface area (Å²) >= 11 is 0. The number of likely N-dealkylation sites (tertiary alicyclic amines) is 1. The van der Waals surface area contributed by atoms with Crippen molar-refractivity contribution in [1.29, 1.82) is 0 Å². The van der Waals surface area contributed by atoms with Crippen LogP contribution in [0, 0.1) is 11.3 Å². The molecule has 1 amide bonds. The van der Waals surface area contributed by atoms with E-state index in [2.05, 4.69) is 0 Å². The Labute approximate surface area is 137 Å². The number of benzene rings is 1. The molecule has 126 valence electrons. The Morgan fingerprint density at radius 3 is 2.48 bits per heavy atom. The van der Waals surface area contributed by atoms with E-state index in [-0.39, 0.29) is 5.91 Å². The van der Waals surface area contributed by atoms with Gasteiger partial charge in [0.05, 0.1) is 18.4 Å². The Kier molecular flexibility index (Phi) is 5.29. The summed E-state index contributed by atoms with van der Waals surface area (Å²) in [7, 11) is 1.62. The number of ether oxygens (including phenoxy) is 1. The van der Waals surface area contributed by atoms with Gasteiger partial charge in [-0.2, -0.15) is 0 Å². The second kappa shape index (κ2) is 7.02. The van der Waals surface area contributed by atoms with Crippen LogP contribution in [-0.4, -0.2) is 35.5 Å². The topological polar surface area (TPSA) is 66.8 Å². The molecule has 5 heteroatoms. The van der Waals surface area contributed by atoms with Gasteiger partial charge in [-0.25, -0.2) is 0 Å². The van der Waals surface area contributed by atoms with Crippen molar-refractivity contribution in [3.05, 3.63) is 29.8 Å². The summed E-state index contributed by atoms with van der Waals surface area (Å²) in [5, 5.41) is 9.50. The molecule has 1 fully saturated rings. The third-order valence-corrected chi connectivity index (χ3v) is 5.08. The van der Waals surface area contributed by atoms with Crippen LogP contribution in [0.25, 0.3) is 0 Å². The predicted octanol–water partition coefficient (Wildman–Crippen LogP) is 2.93. The first kappa shape index (κ1) is 17.3. The fourth-order valence-corrected chi connectivity index (χ4v) is 3.66. The van der Waals surface area contributed by atoms with Crippen molar-refractivity contribution < 1.29 is 19.4 Å². The molecule has 5 nitrogen and oxygen atoms in total. The van der Waals surface area contributed by atoms with Crippen molar-refractivity contribution in [3.63, 3.8) is 0 Å². The highest BCUT2D eigenvalue weighted by atomic mass is 16.5. The molecule has 1 aromatic carbocycles. The molecule has 0 aliphatic carbocycles. The lowest BCUT2D eigenvalue weighted by Gasteiger charge is -2.32. The minimum Gasteiger partial charge on any atom is -0.497 e. The van der Waals surface area contributed by atoms with E-state index in [9.17, 15) is 14.7 Å². The van der Waals surface area contributed by atoms with Gasteiger partial charge in [0.2, 0.25) is 5.91 Å². The van der Waals surface area contributed by atoms with Gasteiger partial charge in [-0.3, -0.25) is 9.59 Å². The van der Waals surface area contributed by atoms with Gasteiger partial charge >= 0.3 is 5.97 Å². The lowest BCUT2D eigenvalue weighted by molar-refractivity contribution is -0.154. The van der Waals surface area contributed by atoms with Crippen molar-refractivity contribution in [3.8, 4) is 5.75 Å². The van der Waals surface area contributed by atoms with Gasteiger partial charge in [0.25, 0.3) is 0 Å². The monoisotopic (exact) mass is 319 g/mol. The number of carboxylic acid groups (broad SMARTS) is 1. The van der Waals surface area contributed by atoms with Gasteiger partial charge < -0.3 is 14.7 Å². The summed E-state index contributed by atoms with van der Waals surface area (Å²) in [5.74, 6) is -0.721. The summed E-state index contributed by atoms with van der Waals surface area (Å²) in [6, 6.07) is 7.61. The van der Waals surface area contributed by atoms with Crippen molar-refractivity contribution in [1.82, 2.24) is 4.90 Å². The van der Waals surface area contributed by atoms with E-state index in [0.717, 1.165) is 11.3 Å². The molecule has 1 heterocycles. The molecule has 0 radical (unpaired) electrons. The molecule has 0 spiro atoms. The summed E-state index contributed by atoms with van der Waals surface area (Å²) in [5.41, 5.74) is 0.266. The van der Waals surface area contributed by atoms with Crippen LogP contribution in [0.4, 0.5) is 0 Å². The third kappa shape index (κ3) is 3.19. The second-order valence-electron chi connectivity index (χ2n) is 6.13. The molecule has 0 saturated carbocycles. The van der Waals surface area contributed by atoms with Gasteiger partial charge in [0, 0.05) is 13.1 Å². The lowest BCUT2D eigenvalue weighted by atomic mass is 9.70. The van der Waals surface area contributed by atoms with Crippen LogP contribution in [0.5, 0.6) is 5.75 Å². The van der Waals surface area contributed by atoms with E-state index in [1.165, 1.54) is 0 Å². The molecular formula is C18H25NO4. The molecule has 1 aromatic rings. The standard InChI is InChI=1S/C18H25NO4/c1-4-15(16(20)21)18(5-2)10-11-19(17(18)22)12-13-6-8-14(23-3)9-7-13/h6-9,15H,4-5,10-12H2,1-3H3,(H,20,21). The number of carbonyl (C=O) groups excluding carboxylic acids is 1. The van der Waals surface area contributed by atoms with Crippen molar-refractivity contribution >= 4 is 11.9 Å². The Hall–Kier alpha value is -2.04. The molecule has 1 saturated heterocycles. The maximum absolute atomic E-state index is 12.9. The zero-order valence-electron chi connectivity index (χ0n) is 14.0. The molecular weight excluding hydrogens is 294 g/mol. The van der Waals surface area contributed by atoms with E-state index >= 15 is 0 Å². The summed E-state index contributed by atoms with van der Waals surface area (Å²) in [4.78, 5) is 26.3. The molecule has 1 N–H and O–H groups in total. The van der Waals surface area contributed by atoms with E-state index in [0.29, 0.717) is 32.4 Å². The van der Waals surface area contributed by atoms with Crippen LogP contribution in [0.1, 0.15) is 38.7 Å². The number of rotatable bonds is 7. The first-order chi connectivity index (χ1) is 11.0. The predicted molar refractivity (Wildman–Crippen MR) is 87.2 cm³/mol. The third-order valence-electron chi connectivity index (χ3n) is 5.08. The Morgan fingerprint density at radius 2 is 2.00 bits per heavy atom. The maximum Gasteiger partial charge on any atom is 0.307 e. The molecule has 23 heavy (non-hydrogen) atoms. The number of methoxy groups -OCH3 is 1. The fourth-order valence-electron chi connectivity index (χ4n) is 3.66. The van der Waals surface area contributed by atoms with Crippen molar-refractivity contribution in [2.24, 2.45) is 11.3 Å². The van der Waals surface area contributed by atoms with Crippen molar-refractivity contribution in [2.45, 2.75) is 39.7 Å². The van der Waals surface area contributed by atoms with Crippen LogP contribution in [0.2, 0.25) is 0 Å². The number of carboxylic acids is 1. The van der Waals surface area contributed by atoms with E-state index < -0.39 is 17.3 Å². The minimum absolute atomic E-state index is 0.0231. The molecule has 1 aliphatic heterocycles. The molecule has 2 atom stereocenters. The molecule has 2 unspecified atom stereocenters. The molecule has 0 bridgehead atoms. The Bertz CT molecular complexity index is 569. The Balaban J connectivity index is 2.17. The average molecular weight is 319 g/mol. The van der Waals surface area contributed by atoms with Crippen LogP contribution in [0.3, 0.4) is 0 Å². The average Bonchev–Trinajstić information content (AvgIpc) is 2.86. The highest BCUT2D eigenvalue weighted by molar-refractivity contribution is 5.90. The molecule has 1 aliphatic rings. The summed E-state index contributed by atoms with van der Waals surface area (Å²) < 4.78 is 5.14. The highest BCUT2D eigenvalue weighted by Crippen LogP contribution is 2.44. The fraction of sp³-hybridized carbons (Fsp3) is 0.556. The first-order valence-electron chi connectivity index (χ1n) is 8.13. The second-order valence-corrected chi connectivity index (χ2v) is 6.13. The van der Waals surface area contributed by atoms with Crippen LogP contribution >= 0.6 is 0 Å². The smallest absolute Gasteiger partial charge is 0.307 e. The molecule has 0 aromatic heterocycles. The van der Waals surface area contributed by atoms with Gasteiger partial charge in [-0.05, 0) is 37.0 Å². The van der Waals surface area contributed by atoms with Gasteiger partial charge in [-0.1, -0.05) is 26.0 Å². The molecule has 2 rings (SSSR count). The van der Waals surface area contributed by atoms with E-state index in [1.54, 1.807) is 12.0 Å². The summed E-state index contributed by atoms with van der Waals surface area (Å²) in [6.07, 6.45) is 1.66. The number of aliphatic carboxylic acids is 1. The number of amides is 1. The Morgan fingerprint density at radius 1 is 1.35 bits per heavy atom. The quantitative estimate of drug-likeness (QED) is 0.839. The van der Waals surface area contributed by atoms with Crippen LogP contribution in [0.15, 0.2) is 24.3 Å². The number of carbonyl (C=O) groups is 2. The number of hydrogen-bond donors (Lipinski definition) is 1. The zero-order chi connectivity index (χ0) is 17.0. The first-order valence-corrected chi connectivity index (χ1v) is 8.13. The van der Waals surface area contributed by atoms with E-state index in [4.69, 9.17) is 4.74 Å². The number of hydrogen-bond acceptors (Lipinski definition) is 3. The number of nitrogens with zero attached hydrogens (tertiary/aromatic N) is 1. The lowest BCUT2D eigenvalue weighted by Crippen LogP contribution is -2.42. The largest absolute Gasteiger partial charge is 0.497 e. The zero-order valence-corrected chi connectivity index (χ0v) is 14.0. The van der Waals surface area contributed by atoms with Gasteiger partial charge in [0.15, 0.2) is 0 Å². The van der Waals surface area contributed by atoms with E-state index in [1.807, 2.05) is 38.1 Å². The van der Waals surface area contributed by atoms with Crippen LogP contribution in [-0.2, 0) is 16.1 Å². The minimum atomic E-state index is -0.867. The summed E-state index contributed by atoms with van der Waals surface area (Å²) in [6.45, 7) is 4.89. The van der Waals surface area contributed by atoms with Crippen LogP contribution < -0.4 is 4.74 Å². The maximum atomic E-state index is 12.9. The van der Waals surface area contributed by atoms with Crippen molar-refractivity contribution in [2.75, 3.05) is 13.7 Å². The normalized spacial score (nSPS) is 22.2. The highest BCUT2D eigenvalue weighted by Gasteiger charge is 2.52.